The molecule has 0 saturated heterocycles. The van der Waals surface area contributed by atoms with Gasteiger partial charge in [-0.05, 0) is 18.9 Å². The molecule has 1 heteroatoms. The lowest BCUT2D eigenvalue weighted by Crippen LogP contribution is -1.94. The van der Waals surface area contributed by atoms with Crippen LogP contribution in [-0.2, 0) is 0 Å². The van der Waals surface area contributed by atoms with Crippen molar-refractivity contribution < 1.29 is 0 Å². The van der Waals surface area contributed by atoms with E-state index in [-0.39, 0.29) is 0 Å². The van der Waals surface area contributed by atoms with E-state index in [9.17, 15) is 0 Å². The summed E-state index contributed by atoms with van der Waals surface area (Å²) in [5, 5.41) is 7.36. The van der Waals surface area contributed by atoms with Crippen LogP contribution < -0.4 is 0 Å². The highest BCUT2D eigenvalue weighted by Crippen LogP contribution is 1.99. The summed E-state index contributed by atoms with van der Waals surface area (Å²) < 4.78 is 0. The van der Waals surface area contributed by atoms with Gasteiger partial charge >= 0.3 is 0 Å². The first kappa shape index (κ1) is 8.15. The van der Waals surface area contributed by atoms with Crippen LogP contribution in [0, 0.1) is 5.41 Å². The maximum absolute atomic E-state index is 7.36. The molecule has 0 atom stereocenters. The zero-order chi connectivity index (χ0) is 7.28. The first-order valence-electron chi connectivity index (χ1n) is 3.12. The lowest BCUT2D eigenvalue weighted by Gasteiger charge is -1.97. The Kier molecular flexibility index (Phi) is 3.69. The summed E-state index contributed by atoms with van der Waals surface area (Å²) in [5.74, 6) is 0. The molecule has 0 rings (SSSR count). The first-order chi connectivity index (χ1) is 4.26. The van der Waals surface area contributed by atoms with E-state index in [2.05, 4.69) is 6.58 Å². The first-order valence-corrected chi connectivity index (χ1v) is 3.12. The smallest absolute Gasteiger partial charge is 0.0379 e. The van der Waals surface area contributed by atoms with Gasteiger partial charge in [0, 0.05) is 5.71 Å². The van der Waals surface area contributed by atoms with Crippen LogP contribution in [0.4, 0.5) is 0 Å². The molecule has 1 nitrogen and oxygen atoms in total. The Morgan fingerprint density at radius 1 is 1.67 bits per heavy atom. The maximum atomic E-state index is 7.36. The average molecular weight is 123 g/mol. The molecule has 1 N–H and O–H groups in total. The minimum absolute atomic E-state index is 0.660. The van der Waals surface area contributed by atoms with Crippen molar-refractivity contribution in [1.82, 2.24) is 0 Å². The predicted octanol–water partition coefficient (Wildman–Crippen LogP) is 2.55. The molecule has 0 radical (unpaired) electrons. The monoisotopic (exact) mass is 123 g/mol. The minimum Gasteiger partial charge on any atom is -0.305 e. The molecule has 50 valence electrons. The molecule has 0 bridgehead atoms. The topological polar surface area (TPSA) is 23.9 Å². The van der Waals surface area contributed by atoms with E-state index < -0.39 is 0 Å². The summed E-state index contributed by atoms with van der Waals surface area (Å²) in [7, 11) is 0. The van der Waals surface area contributed by atoms with Crippen molar-refractivity contribution in [3.05, 3.63) is 24.3 Å². The minimum atomic E-state index is 0.660. The Morgan fingerprint density at radius 3 is 2.33 bits per heavy atom. The number of hydrogen-bond donors (Lipinski definition) is 1. The standard InChI is InChI=1S/C8H13N/c1-4-7(5-2)8(9)6-3/h4-5,9H,1,6H2,2-3H3/b7-5+,9-8?. The third-order valence-corrected chi connectivity index (χ3v) is 1.23. The molecule has 0 fully saturated rings. The van der Waals surface area contributed by atoms with Gasteiger partial charge in [-0.15, -0.1) is 0 Å². The lowest BCUT2D eigenvalue weighted by atomic mass is 10.1. The molecule has 0 heterocycles. The Hall–Kier alpha value is -0.850. The van der Waals surface area contributed by atoms with Crippen LogP contribution in [0.1, 0.15) is 20.3 Å². The van der Waals surface area contributed by atoms with E-state index in [4.69, 9.17) is 5.41 Å². The van der Waals surface area contributed by atoms with Crippen LogP contribution >= 0.6 is 0 Å². The summed E-state index contributed by atoms with van der Waals surface area (Å²) in [4.78, 5) is 0. The Bertz CT molecular complexity index is 143. The molecule has 0 aliphatic carbocycles. The quantitative estimate of drug-likeness (QED) is 0.440. The molecule has 0 amide bonds. The van der Waals surface area contributed by atoms with E-state index in [1.54, 1.807) is 6.08 Å². The fourth-order valence-corrected chi connectivity index (χ4v) is 0.619. The lowest BCUT2D eigenvalue weighted by molar-refractivity contribution is 1.24. The molecule has 0 aliphatic rings. The van der Waals surface area contributed by atoms with Gasteiger partial charge < -0.3 is 5.41 Å². The zero-order valence-electron chi connectivity index (χ0n) is 6.07. The maximum Gasteiger partial charge on any atom is 0.0379 e. The van der Waals surface area contributed by atoms with Crippen molar-refractivity contribution in [2.24, 2.45) is 0 Å². The van der Waals surface area contributed by atoms with Crippen molar-refractivity contribution in [2.75, 3.05) is 0 Å². The van der Waals surface area contributed by atoms with Crippen LogP contribution in [0.25, 0.3) is 0 Å². The number of allylic oxidation sites excluding steroid dienone is 3. The van der Waals surface area contributed by atoms with Crippen molar-refractivity contribution in [3.63, 3.8) is 0 Å². The summed E-state index contributed by atoms with van der Waals surface area (Å²) in [6.45, 7) is 7.48. The van der Waals surface area contributed by atoms with E-state index in [1.807, 2.05) is 19.9 Å². The van der Waals surface area contributed by atoms with Gasteiger partial charge in [0.2, 0.25) is 0 Å². The SMILES string of the molecule is C=C/C(=C\C)C(=N)CC. The summed E-state index contributed by atoms with van der Waals surface area (Å²) in [5.41, 5.74) is 1.60. The Morgan fingerprint density at radius 2 is 2.22 bits per heavy atom. The molecule has 9 heavy (non-hydrogen) atoms. The van der Waals surface area contributed by atoms with E-state index in [1.165, 1.54) is 0 Å². The summed E-state index contributed by atoms with van der Waals surface area (Å²) in [6.07, 6.45) is 4.40. The molecular weight excluding hydrogens is 110 g/mol. The van der Waals surface area contributed by atoms with Gasteiger partial charge in [0.05, 0.1) is 0 Å². The van der Waals surface area contributed by atoms with Gasteiger partial charge in [-0.1, -0.05) is 25.7 Å². The molecular formula is C8H13N. The number of hydrogen-bond acceptors (Lipinski definition) is 1. The highest BCUT2D eigenvalue weighted by molar-refractivity contribution is 5.99. The largest absolute Gasteiger partial charge is 0.305 e. The second-order valence-electron chi connectivity index (χ2n) is 1.78. The highest BCUT2D eigenvalue weighted by atomic mass is 14.4. The molecule has 0 spiro atoms. The molecule has 0 aromatic rings. The molecule has 0 aromatic carbocycles. The number of rotatable bonds is 3. The van der Waals surface area contributed by atoms with Gasteiger partial charge in [-0.2, -0.15) is 0 Å². The Balaban J connectivity index is 4.14. The van der Waals surface area contributed by atoms with Gasteiger partial charge in [-0.25, -0.2) is 0 Å². The average Bonchev–Trinajstić information content (AvgIpc) is 1.90. The number of nitrogens with one attached hydrogen (secondary N) is 1. The third kappa shape index (κ3) is 2.27. The summed E-state index contributed by atoms with van der Waals surface area (Å²) in [6, 6.07) is 0. The third-order valence-electron chi connectivity index (χ3n) is 1.23. The normalized spacial score (nSPS) is 11.1. The van der Waals surface area contributed by atoms with Crippen LogP contribution in [0.15, 0.2) is 24.3 Å². The molecule has 0 unspecified atom stereocenters. The van der Waals surface area contributed by atoms with Gasteiger partial charge in [0.1, 0.15) is 0 Å². The fourth-order valence-electron chi connectivity index (χ4n) is 0.619. The zero-order valence-corrected chi connectivity index (χ0v) is 6.07. The van der Waals surface area contributed by atoms with Crippen molar-refractivity contribution in [1.29, 1.82) is 5.41 Å². The van der Waals surface area contributed by atoms with E-state index in [0.29, 0.717) is 5.71 Å². The van der Waals surface area contributed by atoms with Crippen LogP contribution in [0.3, 0.4) is 0 Å². The second kappa shape index (κ2) is 4.07. The van der Waals surface area contributed by atoms with E-state index >= 15 is 0 Å². The fraction of sp³-hybridized carbons (Fsp3) is 0.375. The molecule has 0 saturated carbocycles. The molecule has 0 aliphatic heterocycles. The predicted molar refractivity (Wildman–Crippen MR) is 42.0 cm³/mol. The van der Waals surface area contributed by atoms with E-state index in [0.717, 1.165) is 12.0 Å². The van der Waals surface area contributed by atoms with Crippen LogP contribution in [0.2, 0.25) is 0 Å². The van der Waals surface area contributed by atoms with Crippen molar-refractivity contribution >= 4 is 5.71 Å². The van der Waals surface area contributed by atoms with Gasteiger partial charge in [-0.3, -0.25) is 0 Å². The molecule has 0 aromatic heterocycles. The second-order valence-corrected chi connectivity index (χ2v) is 1.78. The van der Waals surface area contributed by atoms with Crippen LogP contribution in [-0.4, -0.2) is 5.71 Å². The Labute approximate surface area is 56.6 Å². The summed E-state index contributed by atoms with van der Waals surface area (Å²) >= 11 is 0. The van der Waals surface area contributed by atoms with Gasteiger partial charge in [0.25, 0.3) is 0 Å². The highest BCUT2D eigenvalue weighted by Gasteiger charge is 1.93. The van der Waals surface area contributed by atoms with Crippen LogP contribution in [0.5, 0.6) is 0 Å². The van der Waals surface area contributed by atoms with Crippen molar-refractivity contribution in [2.45, 2.75) is 20.3 Å². The van der Waals surface area contributed by atoms with Crippen molar-refractivity contribution in [3.8, 4) is 0 Å². The van der Waals surface area contributed by atoms with Gasteiger partial charge in [0.15, 0.2) is 0 Å².